The second-order valence-electron chi connectivity index (χ2n) is 3.09. The third kappa shape index (κ3) is 2.37. The molecule has 0 saturated carbocycles. The van der Waals surface area contributed by atoms with Crippen LogP contribution >= 0.6 is 0 Å². The molecule has 0 aliphatic rings. The number of hydrogen-bond acceptors (Lipinski definition) is 2. The highest BCUT2D eigenvalue weighted by atomic mass is 16.3. The minimum Gasteiger partial charge on any atom is -0.504 e. The number of nitrogens with one attached hydrogen (secondary N) is 1. The first kappa shape index (κ1) is 11.3. The molecule has 80 valence electrons. The van der Waals surface area contributed by atoms with Gasteiger partial charge in [-0.15, -0.1) is 0 Å². The maximum atomic E-state index is 9.25. The Bertz CT molecular complexity index is 466. The molecule has 1 aromatic heterocycles. The van der Waals surface area contributed by atoms with Gasteiger partial charge in [0.15, 0.2) is 23.4 Å². The number of phenolic OH excluding ortho intramolecular Hbond substituents is 2. The molecular weight excluding hydrogens is 190 g/mol. The van der Waals surface area contributed by atoms with Gasteiger partial charge in [-0.1, -0.05) is 13.8 Å². The van der Waals surface area contributed by atoms with Crippen molar-refractivity contribution in [2.75, 3.05) is 0 Å². The molecule has 1 aromatic carbocycles. The van der Waals surface area contributed by atoms with Gasteiger partial charge < -0.3 is 10.2 Å². The largest absolute Gasteiger partial charge is 0.504 e. The summed E-state index contributed by atoms with van der Waals surface area (Å²) in [5, 5.41) is 20.3. The SMILES string of the molecule is CC.Cc1cc2cc(O)c(O)cc2c[nH+]1. The molecule has 0 radical (unpaired) electrons. The van der Waals surface area contributed by atoms with Crippen molar-refractivity contribution in [1.82, 2.24) is 0 Å². The van der Waals surface area contributed by atoms with E-state index in [0.29, 0.717) is 0 Å². The molecule has 0 aliphatic carbocycles. The van der Waals surface area contributed by atoms with Gasteiger partial charge in [0.25, 0.3) is 0 Å². The Hall–Kier alpha value is -1.77. The van der Waals surface area contributed by atoms with Crippen molar-refractivity contribution >= 4 is 10.8 Å². The monoisotopic (exact) mass is 206 g/mol. The van der Waals surface area contributed by atoms with E-state index in [1.165, 1.54) is 6.07 Å². The van der Waals surface area contributed by atoms with Crippen LogP contribution in [0.15, 0.2) is 24.4 Å². The predicted molar refractivity (Wildman–Crippen MR) is 59.9 cm³/mol. The number of H-pyrrole nitrogens is 1. The Morgan fingerprint density at radius 3 is 2.07 bits per heavy atom. The Morgan fingerprint density at radius 1 is 0.933 bits per heavy atom. The maximum Gasteiger partial charge on any atom is 0.177 e. The lowest BCUT2D eigenvalue weighted by atomic mass is 10.1. The molecule has 3 heteroatoms. The number of hydrogen-bond donors (Lipinski definition) is 2. The molecule has 3 N–H and O–H groups in total. The fourth-order valence-corrected chi connectivity index (χ4v) is 1.33. The quantitative estimate of drug-likeness (QED) is 0.650. The molecule has 0 spiro atoms. The second-order valence-corrected chi connectivity index (χ2v) is 3.09. The lowest BCUT2D eigenvalue weighted by Crippen LogP contribution is -2.04. The molecule has 0 amide bonds. The summed E-state index contributed by atoms with van der Waals surface area (Å²) in [7, 11) is 0. The number of aryl methyl sites for hydroxylation is 1. The van der Waals surface area contributed by atoms with Crippen molar-refractivity contribution in [3.63, 3.8) is 0 Å². The fourth-order valence-electron chi connectivity index (χ4n) is 1.33. The second kappa shape index (κ2) is 4.64. The average molecular weight is 206 g/mol. The van der Waals surface area contributed by atoms with E-state index in [1.807, 2.05) is 26.8 Å². The molecule has 2 rings (SSSR count). The van der Waals surface area contributed by atoms with E-state index in [-0.39, 0.29) is 11.5 Å². The van der Waals surface area contributed by atoms with Crippen molar-refractivity contribution in [2.45, 2.75) is 20.8 Å². The minimum absolute atomic E-state index is 0.0851. The summed E-state index contributed by atoms with van der Waals surface area (Å²) >= 11 is 0. The molecule has 0 bridgehead atoms. The van der Waals surface area contributed by atoms with Gasteiger partial charge in [0, 0.05) is 18.4 Å². The van der Waals surface area contributed by atoms with Crippen molar-refractivity contribution < 1.29 is 15.2 Å². The number of pyridine rings is 1. The normalized spacial score (nSPS) is 9.53. The molecule has 2 aromatic rings. The Kier molecular flexibility index (Phi) is 3.50. The van der Waals surface area contributed by atoms with E-state index in [2.05, 4.69) is 4.98 Å². The van der Waals surface area contributed by atoms with Crippen LogP contribution in [0.3, 0.4) is 0 Å². The number of benzene rings is 1. The van der Waals surface area contributed by atoms with Gasteiger partial charge in [-0.2, -0.15) is 0 Å². The summed E-state index contributed by atoms with van der Waals surface area (Å²) in [5.74, 6) is -0.178. The van der Waals surface area contributed by atoms with E-state index in [1.54, 1.807) is 12.3 Å². The smallest absolute Gasteiger partial charge is 0.177 e. The zero-order valence-corrected chi connectivity index (χ0v) is 9.20. The molecule has 0 aliphatic heterocycles. The lowest BCUT2D eigenvalue weighted by Gasteiger charge is -1.99. The number of rotatable bonds is 0. The van der Waals surface area contributed by atoms with Crippen molar-refractivity contribution in [2.24, 2.45) is 0 Å². The van der Waals surface area contributed by atoms with Crippen molar-refractivity contribution in [3.05, 3.63) is 30.1 Å². The van der Waals surface area contributed by atoms with Crippen LogP contribution in [0.1, 0.15) is 19.5 Å². The zero-order chi connectivity index (χ0) is 11.4. The topological polar surface area (TPSA) is 54.6 Å². The molecule has 3 nitrogen and oxygen atoms in total. The highest BCUT2D eigenvalue weighted by Crippen LogP contribution is 2.29. The van der Waals surface area contributed by atoms with Crippen LogP contribution in [-0.4, -0.2) is 10.2 Å². The summed E-state index contributed by atoms with van der Waals surface area (Å²) in [5.41, 5.74) is 1.01. The first-order chi connectivity index (χ1) is 7.16. The summed E-state index contributed by atoms with van der Waals surface area (Å²) in [4.78, 5) is 3.03. The van der Waals surface area contributed by atoms with E-state index in [9.17, 15) is 10.2 Å². The third-order valence-corrected chi connectivity index (χ3v) is 2.01. The van der Waals surface area contributed by atoms with Gasteiger partial charge in [-0.3, -0.25) is 0 Å². The average Bonchev–Trinajstić information content (AvgIpc) is 2.23. The van der Waals surface area contributed by atoms with Crippen LogP contribution in [-0.2, 0) is 0 Å². The zero-order valence-electron chi connectivity index (χ0n) is 9.20. The van der Waals surface area contributed by atoms with Crippen LogP contribution < -0.4 is 4.98 Å². The predicted octanol–water partition coefficient (Wildman–Crippen LogP) is 2.40. The Balaban J connectivity index is 0.000000531. The number of aromatic amines is 1. The summed E-state index contributed by atoms with van der Waals surface area (Å²) in [6.07, 6.45) is 1.80. The van der Waals surface area contributed by atoms with Crippen molar-refractivity contribution in [1.29, 1.82) is 0 Å². The van der Waals surface area contributed by atoms with Crippen LogP contribution in [0.4, 0.5) is 0 Å². The summed E-state index contributed by atoms with van der Waals surface area (Å²) < 4.78 is 0. The molecule has 0 fully saturated rings. The molecule has 15 heavy (non-hydrogen) atoms. The Morgan fingerprint density at radius 2 is 1.47 bits per heavy atom. The summed E-state index contributed by atoms with van der Waals surface area (Å²) in [6.45, 7) is 5.93. The highest BCUT2D eigenvalue weighted by molar-refractivity contribution is 5.84. The number of aromatic nitrogens is 1. The van der Waals surface area contributed by atoms with E-state index >= 15 is 0 Å². The van der Waals surface area contributed by atoms with E-state index < -0.39 is 0 Å². The lowest BCUT2D eigenvalue weighted by molar-refractivity contribution is -0.385. The molecular formula is C12H16NO2+. The van der Waals surface area contributed by atoms with Gasteiger partial charge in [0.05, 0.1) is 0 Å². The van der Waals surface area contributed by atoms with Crippen LogP contribution in [0.2, 0.25) is 0 Å². The number of phenols is 2. The fraction of sp³-hybridized carbons (Fsp3) is 0.250. The van der Waals surface area contributed by atoms with Gasteiger partial charge in [-0.05, 0) is 17.5 Å². The Labute approximate surface area is 89.0 Å². The van der Waals surface area contributed by atoms with Gasteiger partial charge in [0.1, 0.15) is 0 Å². The number of fused-ring (bicyclic) bond motifs is 1. The van der Waals surface area contributed by atoms with Crippen LogP contribution in [0.5, 0.6) is 11.5 Å². The van der Waals surface area contributed by atoms with E-state index in [0.717, 1.165) is 16.5 Å². The maximum absolute atomic E-state index is 9.25. The van der Waals surface area contributed by atoms with Crippen LogP contribution in [0.25, 0.3) is 10.8 Å². The summed E-state index contributed by atoms with van der Waals surface area (Å²) in [6, 6.07) is 4.99. The van der Waals surface area contributed by atoms with Crippen LogP contribution in [0, 0.1) is 6.92 Å². The molecule has 0 saturated heterocycles. The van der Waals surface area contributed by atoms with Gasteiger partial charge in [-0.25, -0.2) is 4.98 Å². The molecule has 0 unspecified atom stereocenters. The first-order valence-electron chi connectivity index (χ1n) is 5.01. The van der Waals surface area contributed by atoms with Gasteiger partial charge in [0.2, 0.25) is 0 Å². The number of aromatic hydroxyl groups is 2. The first-order valence-corrected chi connectivity index (χ1v) is 5.01. The van der Waals surface area contributed by atoms with E-state index in [4.69, 9.17) is 0 Å². The van der Waals surface area contributed by atoms with Crippen molar-refractivity contribution in [3.8, 4) is 11.5 Å². The van der Waals surface area contributed by atoms with Gasteiger partial charge >= 0.3 is 0 Å². The molecule has 0 atom stereocenters. The third-order valence-electron chi connectivity index (χ3n) is 2.01. The highest BCUT2D eigenvalue weighted by Gasteiger charge is 2.04. The molecule has 1 heterocycles. The minimum atomic E-state index is -0.0928. The standard InChI is InChI=1S/C10H9NO2.C2H6/c1-6-2-7-3-9(12)10(13)4-8(7)5-11-6;1-2/h2-5,12-13H,1H3;1-2H3/p+1.